The van der Waals surface area contributed by atoms with E-state index >= 15 is 0 Å². The van der Waals surface area contributed by atoms with Crippen LogP contribution in [0.2, 0.25) is 0 Å². The molecule has 0 spiro atoms. The molecule has 4 heteroatoms. The highest BCUT2D eigenvalue weighted by Gasteiger charge is 2.23. The summed E-state index contributed by atoms with van der Waals surface area (Å²) in [6.45, 7) is 0. The lowest BCUT2D eigenvalue weighted by molar-refractivity contribution is -0.729. The first-order valence-electron chi connectivity index (χ1n) is 6.62. The number of rotatable bonds is 3. The number of hydrogen-bond donors (Lipinski definition) is 2. The van der Waals surface area contributed by atoms with Gasteiger partial charge in [-0.15, -0.1) is 4.68 Å². The predicted octanol–water partition coefficient (Wildman–Crippen LogP) is 2.11. The molecule has 0 saturated carbocycles. The van der Waals surface area contributed by atoms with E-state index in [1.807, 2.05) is 78.1 Å². The van der Waals surface area contributed by atoms with Gasteiger partial charge in [0, 0.05) is 11.8 Å². The van der Waals surface area contributed by atoms with Crippen LogP contribution >= 0.6 is 0 Å². The van der Waals surface area contributed by atoms with E-state index < -0.39 is 6.23 Å². The van der Waals surface area contributed by atoms with Crippen molar-refractivity contribution in [3.8, 4) is 0 Å². The van der Waals surface area contributed by atoms with Crippen LogP contribution in [-0.2, 0) is 14.1 Å². The molecule has 0 saturated heterocycles. The Morgan fingerprint density at radius 2 is 1.70 bits per heavy atom. The molecule has 0 radical (unpaired) electrons. The molecule has 102 valence electrons. The molecule has 1 unspecified atom stereocenters. The number of aryl methyl sites for hydroxylation is 1. The second-order valence-corrected chi connectivity index (χ2v) is 4.86. The summed E-state index contributed by atoms with van der Waals surface area (Å²) in [6, 6.07) is 17.8. The zero-order chi connectivity index (χ0) is 14.1. The molecule has 2 aromatic carbocycles. The minimum Gasteiger partial charge on any atom is -0.368 e. The Balaban J connectivity index is 2.03. The molecule has 1 atom stereocenters. The third kappa shape index (κ3) is 2.04. The van der Waals surface area contributed by atoms with Crippen molar-refractivity contribution in [1.82, 2.24) is 4.68 Å². The number of anilines is 1. The van der Waals surface area contributed by atoms with Gasteiger partial charge in [-0.1, -0.05) is 30.3 Å². The van der Waals surface area contributed by atoms with E-state index in [2.05, 4.69) is 5.32 Å². The number of aliphatic hydroxyl groups is 1. The molecule has 0 aliphatic carbocycles. The monoisotopic (exact) mass is 268 g/mol. The lowest BCUT2D eigenvalue weighted by atomic mass is 10.2. The minimum atomic E-state index is -0.756. The van der Waals surface area contributed by atoms with Crippen molar-refractivity contribution >= 4 is 16.6 Å². The second-order valence-electron chi connectivity index (χ2n) is 4.86. The second kappa shape index (κ2) is 4.98. The van der Waals surface area contributed by atoms with E-state index in [-0.39, 0.29) is 0 Å². The van der Waals surface area contributed by atoms with Gasteiger partial charge in [-0.2, -0.15) is 4.68 Å². The van der Waals surface area contributed by atoms with E-state index in [9.17, 15) is 5.11 Å². The highest BCUT2D eigenvalue weighted by Crippen LogP contribution is 2.23. The Morgan fingerprint density at radius 1 is 1.05 bits per heavy atom. The minimum absolute atomic E-state index is 0.756. The first-order valence-corrected chi connectivity index (χ1v) is 6.62. The van der Waals surface area contributed by atoms with Gasteiger partial charge in [0.25, 0.3) is 0 Å². The van der Waals surface area contributed by atoms with Gasteiger partial charge < -0.3 is 10.4 Å². The standard InChI is InChI=1S/C16H18N3O/c1-18-14-11-7-6-10-13(14)15(19(18)2)16(20)17-12-8-4-3-5-9-12/h3-11,16-17,20H,1-2H3/q+1. The van der Waals surface area contributed by atoms with Crippen molar-refractivity contribution in [3.05, 3.63) is 60.3 Å². The van der Waals surface area contributed by atoms with Crippen LogP contribution in [0.4, 0.5) is 5.69 Å². The average molecular weight is 268 g/mol. The Kier molecular flexibility index (Phi) is 3.16. The summed E-state index contributed by atoms with van der Waals surface area (Å²) in [5, 5.41) is 14.7. The van der Waals surface area contributed by atoms with Crippen LogP contribution in [0.5, 0.6) is 0 Å². The fourth-order valence-corrected chi connectivity index (χ4v) is 2.55. The molecule has 0 bridgehead atoms. The summed E-state index contributed by atoms with van der Waals surface area (Å²) in [7, 11) is 3.94. The topological polar surface area (TPSA) is 41.1 Å². The molecule has 0 aliphatic heterocycles. The fraction of sp³-hybridized carbons (Fsp3) is 0.188. The molecule has 1 heterocycles. The summed E-state index contributed by atoms with van der Waals surface area (Å²) in [5.41, 5.74) is 2.85. The van der Waals surface area contributed by atoms with Crippen molar-refractivity contribution in [2.75, 3.05) is 5.32 Å². The summed E-state index contributed by atoms with van der Waals surface area (Å²) in [6.07, 6.45) is -0.756. The SMILES string of the molecule is Cn1c(C(O)Nc2ccccc2)c2ccccc2[n+]1C. The molecule has 2 N–H and O–H groups in total. The number of nitrogens with zero attached hydrogens (tertiary/aromatic N) is 2. The largest absolute Gasteiger partial charge is 0.368 e. The van der Waals surface area contributed by atoms with Gasteiger partial charge in [-0.25, -0.2) is 0 Å². The zero-order valence-electron chi connectivity index (χ0n) is 11.6. The number of hydrogen-bond acceptors (Lipinski definition) is 2. The predicted molar refractivity (Wildman–Crippen MR) is 79.1 cm³/mol. The average Bonchev–Trinajstić information content (AvgIpc) is 2.72. The summed E-state index contributed by atoms with van der Waals surface area (Å²) >= 11 is 0. The van der Waals surface area contributed by atoms with E-state index in [1.54, 1.807) is 0 Å². The van der Waals surface area contributed by atoms with Crippen LogP contribution < -0.4 is 10.00 Å². The van der Waals surface area contributed by atoms with E-state index in [0.29, 0.717) is 0 Å². The molecule has 3 aromatic rings. The Hall–Kier alpha value is -2.33. The smallest absolute Gasteiger partial charge is 0.238 e. The van der Waals surface area contributed by atoms with E-state index in [1.165, 1.54) is 0 Å². The highest BCUT2D eigenvalue weighted by atomic mass is 16.3. The van der Waals surface area contributed by atoms with Gasteiger partial charge in [0.15, 0.2) is 13.3 Å². The molecule has 3 rings (SSSR count). The maximum Gasteiger partial charge on any atom is 0.238 e. The fourth-order valence-electron chi connectivity index (χ4n) is 2.55. The normalized spacial score (nSPS) is 12.6. The Bertz CT molecular complexity index is 734. The van der Waals surface area contributed by atoms with Crippen LogP contribution in [0.1, 0.15) is 11.9 Å². The molecule has 0 fully saturated rings. The highest BCUT2D eigenvalue weighted by molar-refractivity contribution is 5.79. The van der Waals surface area contributed by atoms with Crippen LogP contribution in [0, 0.1) is 0 Å². The third-order valence-electron chi connectivity index (χ3n) is 3.66. The molecule has 4 nitrogen and oxygen atoms in total. The number of nitrogens with one attached hydrogen (secondary N) is 1. The Labute approximate surface area is 117 Å². The number of aliphatic hydroxyl groups excluding tert-OH is 1. The lowest BCUT2D eigenvalue weighted by Crippen LogP contribution is -2.38. The first-order chi connectivity index (χ1) is 9.68. The number of benzene rings is 2. The van der Waals surface area contributed by atoms with E-state index in [4.69, 9.17) is 0 Å². The molecule has 20 heavy (non-hydrogen) atoms. The summed E-state index contributed by atoms with van der Waals surface area (Å²) in [5.74, 6) is 0. The van der Waals surface area contributed by atoms with Crippen molar-refractivity contribution in [3.63, 3.8) is 0 Å². The lowest BCUT2D eigenvalue weighted by Gasteiger charge is -2.13. The van der Waals surface area contributed by atoms with Crippen molar-refractivity contribution in [1.29, 1.82) is 0 Å². The van der Waals surface area contributed by atoms with Gasteiger partial charge in [-0.3, -0.25) is 0 Å². The number of para-hydroxylation sites is 2. The van der Waals surface area contributed by atoms with Crippen LogP contribution in [0.15, 0.2) is 54.6 Å². The summed E-state index contributed by atoms with van der Waals surface area (Å²) in [4.78, 5) is 0. The van der Waals surface area contributed by atoms with Crippen LogP contribution in [0.25, 0.3) is 10.9 Å². The van der Waals surface area contributed by atoms with Crippen molar-refractivity contribution in [2.45, 2.75) is 6.23 Å². The van der Waals surface area contributed by atoms with Crippen LogP contribution in [0.3, 0.4) is 0 Å². The van der Waals surface area contributed by atoms with Gasteiger partial charge >= 0.3 is 0 Å². The molecular formula is C16H18N3O+. The van der Waals surface area contributed by atoms with Gasteiger partial charge in [0.2, 0.25) is 5.52 Å². The molecule has 0 amide bonds. The van der Waals surface area contributed by atoms with Crippen molar-refractivity contribution < 1.29 is 9.79 Å². The third-order valence-corrected chi connectivity index (χ3v) is 3.66. The quantitative estimate of drug-likeness (QED) is 0.564. The maximum atomic E-state index is 10.5. The number of aromatic nitrogens is 2. The Morgan fingerprint density at radius 3 is 2.45 bits per heavy atom. The van der Waals surface area contributed by atoms with Gasteiger partial charge in [-0.05, 0) is 18.2 Å². The van der Waals surface area contributed by atoms with Crippen molar-refractivity contribution in [2.24, 2.45) is 14.1 Å². The maximum absolute atomic E-state index is 10.5. The first kappa shape index (κ1) is 12.7. The number of fused-ring (bicyclic) bond motifs is 1. The molecular weight excluding hydrogens is 250 g/mol. The molecule has 0 aliphatic rings. The van der Waals surface area contributed by atoms with E-state index in [0.717, 1.165) is 22.3 Å². The van der Waals surface area contributed by atoms with Gasteiger partial charge in [0.1, 0.15) is 5.69 Å². The molecule has 1 aromatic heterocycles. The van der Waals surface area contributed by atoms with Crippen LogP contribution in [-0.4, -0.2) is 9.79 Å². The zero-order valence-corrected chi connectivity index (χ0v) is 11.6. The summed E-state index contributed by atoms with van der Waals surface area (Å²) < 4.78 is 3.99. The van der Waals surface area contributed by atoms with Gasteiger partial charge in [0.05, 0.1) is 12.4 Å².